The van der Waals surface area contributed by atoms with E-state index in [9.17, 15) is 9.59 Å². The highest BCUT2D eigenvalue weighted by atomic mass is 16.4. The number of likely N-dealkylation sites (N-methyl/N-ethyl adjacent to an activating group) is 1. The number of rotatable bonds is 7. The predicted octanol–water partition coefficient (Wildman–Crippen LogP) is 2.65. The summed E-state index contributed by atoms with van der Waals surface area (Å²) in [6, 6.07) is 0.523. The minimum absolute atomic E-state index is 0.0953. The van der Waals surface area contributed by atoms with Gasteiger partial charge in [0.05, 0.1) is 6.54 Å². The van der Waals surface area contributed by atoms with Crippen LogP contribution in [-0.4, -0.2) is 47.1 Å². The lowest BCUT2D eigenvalue weighted by Crippen LogP contribution is -2.55. The van der Waals surface area contributed by atoms with Gasteiger partial charge in [-0.15, -0.1) is 0 Å². The third-order valence-electron chi connectivity index (χ3n) is 5.90. The van der Waals surface area contributed by atoms with E-state index in [1.54, 1.807) is 0 Å². The Morgan fingerprint density at radius 3 is 2.52 bits per heavy atom. The minimum atomic E-state index is -0.779. The van der Waals surface area contributed by atoms with Crippen molar-refractivity contribution in [1.29, 1.82) is 0 Å². The zero-order chi connectivity index (χ0) is 17.0. The minimum Gasteiger partial charge on any atom is -0.480 e. The van der Waals surface area contributed by atoms with Crippen molar-refractivity contribution in [3.63, 3.8) is 0 Å². The lowest BCUT2D eigenvalue weighted by Gasteiger charge is -2.43. The van der Waals surface area contributed by atoms with Gasteiger partial charge in [-0.2, -0.15) is 0 Å². The SMILES string of the molecule is CCN(CC(=O)O)C1CC(NC(=O)CC2CCCCC2(C)C)C1. The van der Waals surface area contributed by atoms with Crippen LogP contribution in [0, 0.1) is 11.3 Å². The normalized spacial score (nSPS) is 29.8. The number of carboxylic acids is 1. The standard InChI is InChI=1S/C18H32N2O3/c1-4-20(12-17(22)23)15-10-14(11-15)19-16(21)9-13-7-5-6-8-18(13,2)3/h13-15H,4-12H2,1-3H3,(H,19,21)(H,22,23). The van der Waals surface area contributed by atoms with Crippen LogP contribution in [0.1, 0.15) is 65.7 Å². The second-order valence-corrected chi connectivity index (χ2v) is 7.98. The van der Waals surface area contributed by atoms with Gasteiger partial charge in [0.2, 0.25) is 5.91 Å². The molecule has 0 aromatic heterocycles. The number of nitrogens with zero attached hydrogens (tertiary/aromatic N) is 1. The number of amides is 1. The van der Waals surface area contributed by atoms with Crippen LogP contribution in [-0.2, 0) is 9.59 Å². The second kappa shape index (κ2) is 7.65. The molecule has 2 saturated carbocycles. The average Bonchev–Trinajstić information content (AvgIpc) is 2.42. The van der Waals surface area contributed by atoms with Crippen LogP contribution in [0.3, 0.4) is 0 Å². The van der Waals surface area contributed by atoms with Gasteiger partial charge in [-0.1, -0.05) is 33.6 Å². The number of hydrogen-bond acceptors (Lipinski definition) is 3. The van der Waals surface area contributed by atoms with E-state index in [2.05, 4.69) is 19.2 Å². The highest BCUT2D eigenvalue weighted by Gasteiger charge is 2.37. The Morgan fingerprint density at radius 2 is 1.96 bits per heavy atom. The largest absolute Gasteiger partial charge is 0.480 e. The number of nitrogens with one attached hydrogen (secondary N) is 1. The summed E-state index contributed by atoms with van der Waals surface area (Å²) in [6.45, 7) is 7.40. The maximum absolute atomic E-state index is 12.3. The van der Waals surface area contributed by atoms with Crippen molar-refractivity contribution < 1.29 is 14.7 Å². The van der Waals surface area contributed by atoms with E-state index < -0.39 is 5.97 Å². The number of carbonyl (C=O) groups is 2. The first-order valence-electron chi connectivity index (χ1n) is 9.07. The molecule has 0 spiro atoms. The molecule has 1 atom stereocenters. The molecule has 1 amide bonds. The average molecular weight is 324 g/mol. The molecule has 5 heteroatoms. The Balaban J connectivity index is 1.72. The quantitative estimate of drug-likeness (QED) is 0.755. The van der Waals surface area contributed by atoms with Crippen LogP contribution in [0.15, 0.2) is 0 Å². The summed E-state index contributed by atoms with van der Waals surface area (Å²) in [5, 5.41) is 12.1. The van der Waals surface area contributed by atoms with Gasteiger partial charge in [0, 0.05) is 18.5 Å². The van der Waals surface area contributed by atoms with Crippen molar-refractivity contribution in [3.05, 3.63) is 0 Å². The molecule has 2 aliphatic carbocycles. The van der Waals surface area contributed by atoms with Gasteiger partial charge < -0.3 is 10.4 Å². The van der Waals surface area contributed by atoms with Crippen LogP contribution in [0.4, 0.5) is 0 Å². The van der Waals surface area contributed by atoms with E-state index in [1.807, 2.05) is 11.8 Å². The zero-order valence-electron chi connectivity index (χ0n) is 14.8. The fourth-order valence-corrected chi connectivity index (χ4v) is 4.13. The summed E-state index contributed by atoms with van der Waals surface area (Å²) >= 11 is 0. The molecular formula is C18H32N2O3. The molecule has 2 rings (SSSR count). The Labute approximate surface area is 139 Å². The fourth-order valence-electron chi connectivity index (χ4n) is 4.13. The molecule has 2 fully saturated rings. The van der Waals surface area contributed by atoms with Gasteiger partial charge in [0.25, 0.3) is 0 Å². The van der Waals surface area contributed by atoms with Crippen molar-refractivity contribution in [2.24, 2.45) is 11.3 Å². The molecule has 2 N–H and O–H groups in total. The summed E-state index contributed by atoms with van der Waals surface area (Å²) in [4.78, 5) is 25.1. The highest BCUT2D eigenvalue weighted by molar-refractivity contribution is 5.76. The molecule has 5 nitrogen and oxygen atoms in total. The van der Waals surface area contributed by atoms with Gasteiger partial charge in [-0.25, -0.2) is 0 Å². The van der Waals surface area contributed by atoms with E-state index in [0.717, 1.165) is 25.8 Å². The van der Waals surface area contributed by atoms with E-state index in [1.165, 1.54) is 19.3 Å². The maximum atomic E-state index is 12.3. The molecule has 0 radical (unpaired) electrons. The van der Waals surface area contributed by atoms with Gasteiger partial charge in [-0.05, 0) is 43.6 Å². The smallest absolute Gasteiger partial charge is 0.317 e. The zero-order valence-corrected chi connectivity index (χ0v) is 14.8. The summed E-state index contributed by atoms with van der Waals surface area (Å²) < 4.78 is 0. The molecule has 0 bridgehead atoms. The van der Waals surface area contributed by atoms with Crippen LogP contribution in [0.25, 0.3) is 0 Å². The molecular weight excluding hydrogens is 292 g/mol. The van der Waals surface area contributed by atoms with Crippen LogP contribution < -0.4 is 5.32 Å². The second-order valence-electron chi connectivity index (χ2n) is 7.98. The van der Waals surface area contributed by atoms with Crippen molar-refractivity contribution in [2.75, 3.05) is 13.1 Å². The number of aliphatic carboxylic acids is 1. The molecule has 0 aromatic carbocycles. The molecule has 132 valence electrons. The lowest BCUT2D eigenvalue weighted by atomic mass is 9.67. The molecule has 0 saturated heterocycles. The first-order chi connectivity index (χ1) is 10.8. The molecule has 0 heterocycles. The van der Waals surface area contributed by atoms with Gasteiger partial charge in [-0.3, -0.25) is 14.5 Å². The molecule has 2 aliphatic rings. The molecule has 1 unspecified atom stereocenters. The number of hydrogen-bond donors (Lipinski definition) is 2. The molecule has 23 heavy (non-hydrogen) atoms. The number of carboxylic acid groups (broad SMARTS) is 1. The third kappa shape index (κ3) is 4.93. The molecule has 0 aliphatic heterocycles. The third-order valence-corrected chi connectivity index (χ3v) is 5.90. The summed E-state index contributed by atoms with van der Waals surface area (Å²) in [5.74, 6) is -0.111. The van der Waals surface area contributed by atoms with E-state index >= 15 is 0 Å². The fraction of sp³-hybridized carbons (Fsp3) is 0.889. The van der Waals surface area contributed by atoms with Crippen LogP contribution in [0.2, 0.25) is 0 Å². The van der Waals surface area contributed by atoms with E-state index in [4.69, 9.17) is 5.11 Å². The topological polar surface area (TPSA) is 69.6 Å². The summed E-state index contributed by atoms with van der Waals surface area (Å²) in [7, 11) is 0. The Bertz CT molecular complexity index is 430. The van der Waals surface area contributed by atoms with Gasteiger partial charge in [0.15, 0.2) is 0 Å². The van der Waals surface area contributed by atoms with E-state index in [0.29, 0.717) is 18.4 Å². The van der Waals surface area contributed by atoms with Crippen LogP contribution >= 0.6 is 0 Å². The van der Waals surface area contributed by atoms with Crippen molar-refractivity contribution >= 4 is 11.9 Å². The van der Waals surface area contributed by atoms with Gasteiger partial charge in [0.1, 0.15) is 0 Å². The first kappa shape index (κ1) is 18.2. The van der Waals surface area contributed by atoms with Gasteiger partial charge >= 0.3 is 5.97 Å². The number of carbonyl (C=O) groups excluding carboxylic acids is 1. The lowest BCUT2D eigenvalue weighted by molar-refractivity contribution is -0.140. The Hall–Kier alpha value is -1.10. The highest BCUT2D eigenvalue weighted by Crippen LogP contribution is 2.42. The van der Waals surface area contributed by atoms with E-state index in [-0.39, 0.29) is 23.9 Å². The van der Waals surface area contributed by atoms with Crippen LogP contribution in [0.5, 0.6) is 0 Å². The summed E-state index contributed by atoms with van der Waals surface area (Å²) in [5.41, 5.74) is 0.276. The molecule has 0 aromatic rings. The Kier molecular flexibility index (Phi) is 6.06. The van der Waals surface area contributed by atoms with Crippen molar-refractivity contribution in [2.45, 2.75) is 77.8 Å². The van der Waals surface area contributed by atoms with Crippen molar-refractivity contribution in [3.8, 4) is 0 Å². The van der Waals surface area contributed by atoms with Crippen molar-refractivity contribution in [1.82, 2.24) is 10.2 Å². The summed E-state index contributed by atoms with van der Waals surface area (Å²) in [6.07, 6.45) is 7.30. The first-order valence-corrected chi connectivity index (χ1v) is 9.07. The predicted molar refractivity (Wildman–Crippen MR) is 90.2 cm³/mol. The monoisotopic (exact) mass is 324 g/mol. The maximum Gasteiger partial charge on any atom is 0.317 e. The Morgan fingerprint density at radius 1 is 1.26 bits per heavy atom.